The summed E-state index contributed by atoms with van der Waals surface area (Å²) >= 11 is 11.8. The van der Waals surface area contributed by atoms with E-state index in [1.165, 1.54) is 0 Å². The van der Waals surface area contributed by atoms with E-state index >= 15 is 0 Å². The molecule has 0 fully saturated rings. The Morgan fingerprint density at radius 3 is 2.47 bits per heavy atom. The lowest BCUT2D eigenvalue weighted by Gasteiger charge is -2.09. The zero-order chi connectivity index (χ0) is 12.4. The minimum absolute atomic E-state index is 0.236. The van der Waals surface area contributed by atoms with E-state index in [0.29, 0.717) is 21.5 Å². The number of hydrogen-bond donors (Lipinski definition) is 1. The third-order valence-electron chi connectivity index (χ3n) is 2.29. The molecule has 17 heavy (non-hydrogen) atoms. The van der Waals surface area contributed by atoms with Gasteiger partial charge in [0.15, 0.2) is 0 Å². The fourth-order valence-electron chi connectivity index (χ4n) is 1.38. The summed E-state index contributed by atoms with van der Waals surface area (Å²) in [6.07, 6.45) is 0. The number of rotatable bonds is 2. The monoisotopic (exact) mass is 268 g/mol. The molecule has 0 spiro atoms. The Balaban J connectivity index is 2.28. The lowest BCUT2D eigenvalue weighted by molar-refractivity contribution is 0.460. The number of ether oxygens (including phenoxy) is 1. The van der Waals surface area contributed by atoms with Gasteiger partial charge in [0.2, 0.25) is 0 Å². The van der Waals surface area contributed by atoms with Crippen LogP contribution in [0.1, 0.15) is 5.56 Å². The summed E-state index contributed by atoms with van der Waals surface area (Å²) in [5.74, 6) is 1.38. The van der Waals surface area contributed by atoms with Crippen LogP contribution in [0.5, 0.6) is 17.2 Å². The standard InChI is InChI=1S/C13H10Cl2O2/c1-8-6-10(3-4-12(8)16)17-13-5-2-9(14)7-11(13)15/h2-7,16H,1H3. The number of hydrogen-bond acceptors (Lipinski definition) is 2. The van der Waals surface area contributed by atoms with E-state index in [1.807, 2.05) is 0 Å². The Kier molecular flexibility index (Phi) is 3.46. The van der Waals surface area contributed by atoms with Crippen LogP contribution in [0.2, 0.25) is 10.0 Å². The van der Waals surface area contributed by atoms with E-state index in [4.69, 9.17) is 27.9 Å². The predicted octanol–water partition coefficient (Wildman–Crippen LogP) is 4.80. The van der Waals surface area contributed by atoms with Crippen molar-refractivity contribution in [3.05, 3.63) is 52.0 Å². The normalized spacial score (nSPS) is 10.3. The second kappa shape index (κ2) is 4.86. The van der Waals surface area contributed by atoms with Crippen LogP contribution in [-0.4, -0.2) is 5.11 Å². The molecule has 0 aliphatic heterocycles. The van der Waals surface area contributed by atoms with E-state index in [1.54, 1.807) is 43.3 Å². The Bertz CT molecular complexity index is 553. The highest BCUT2D eigenvalue weighted by Gasteiger charge is 2.05. The first-order valence-electron chi connectivity index (χ1n) is 4.99. The topological polar surface area (TPSA) is 29.5 Å². The van der Waals surface area contributed by atoms with Crippen molar-refractivity contribution in [2.45, 2.75) is 6.92 Å². The first-order valence-corrected chi connectivity index (χ1v) is 5.74. The summed E-state index contributed by atoms with van der Waals surface area (Å²) in [6.45, 7) is 1.80. The molecule has 2 aromatic rings. The minimum atomic E-state index is 0.236. The molecular weight excluding hydrogens is 259 g/mol. The molecule has 0 saturated carbocycles. The largest absolute Gasteiger partial charge is 0.508 e. The van der Waals surface area contributed by atoms with Crippen LogP contribution in [0, 0.1) is 6.92 Å². The van der Waals surface area contributed by atoms with Crippen molar-refractivity contribution in [2.24, 2.45) is 0 Å². The van der Waals surface area contributed by atoms with E-state index in [0.717, 1.165) is 5.56 Å². The Morgan fingerprint density at radius 1 is 1.06 bits per heavy atom. The van der Waals surface area contributed by atoms with Gasteiger partial charge in [-0.05, 0) is 48.9 Å². The molecule has 0 amide bonds. The molecule has 0 aromatic heterocycles. The van der Waals surface area contributed by atoms with Gasteiger partial charge in [-0.25, -0.2) is 0 Å². The summed E-state index contributed by atoms with van der Waals surface area (Å²) in [4.78, 5) is 0. The van der Waals surface area contributed by atoms with Gasteiger partial charge in [-0.2, -0.15) is 0 Å². The van der Waals surface area contributed by atoms with Crippen molar-refractivity contribution < 1.29 is 9.84 Å². The maximum absolute atomic E-state index is 9.40. The third-order valence-corrected chi connectivity index (χ3v) is 2.82. The zero-order valence-corrected chi connectivity index (χ0v) is 10.6. The second-order valence-corrected chi connectivity index (χ2v) is 4.47. The van der Waals surface area contributed by atoms with Crippen molar-refractivity contribution in [1.29, 1.82) is 0 Å². The summed E-state index contributed by atoms with van der Waals surface area (Å²) in [5, 5.41) is 10.4. The number of aryl methyl sites for hydroxylation is 1. The molecule has 2 aromatic carbocycles. The Morgan fingerprint density at radius 2 is 1.82 bits per heavy atom. The second-order valence-electron chi connectivity index (χ2n) is 3.63. The van der Waals surface area contributed by atoms with E-state index in [2.05, 4.69) is 0 Å². The maximum Gasteiger partial charge on any atom is 0.146 e. The molecule has 2 rings (SSSR count). The van der Waals surface area contributed by atoms with Crippen LogP contribution in [0.15, 0.2) is 36.4 Å². The fourth-order valence-corrected chi connectivity index (χ4v) is 1.82. The molecule has 2 nitrogen and oxygen atoms in total. The van der Waals surface area contributed by atoms with Crippen molar-refractivity contribution in [3.63, 3.8) is 0 Å². The van der Waals surface area contributed by atoms with Crippen LogP contribution in [-0.2, 0) is 0 Å². The third kappa shape index (κ3) is 2.84. The highest BCUT2D eigenvalue weighted by atomic mass is 35.5. The van der Waals surface area contributed by atoms with Crippen LogP contribution in [0.25, 0.3) is 0 Å². The number of aromatic hydroxyl groups is 1. The average Bonchev–Trinajstić information content (AvgIpc) is 2.27. The molecule has 0 heterocycles. The first-order chi connectivity index (χ1) is 8.06. The van der Waals surface area contributed by atoms with Gasteiger partial charge >= 0.3 is 0 Å². The van der Waals surface area contributed by atoms with Crippen molar-refractivity contribution in [2.75, 3.05) is 0 Å². The van der Waals surface area contributed by atoms with Gasteiger partial charge in [-0.3, -0.25) is 0 Å². The van der Waals surface area contributed by atoms with Crippen LogP contribution >= 0.6 is 23.2 Å². The predicted molar refractivity (Wildman–Crippen MR) is 69.4 cm³/mol. The van der Waals surface area contributed by atoms with Gasteiger partial charge < -0.3 is 9.84 Å². The van der Waals surface area contributed by atoms with Crippen LogP contribution < -0.4 is 4.74 Å². The van der Waals surface area contributed by atoms with Crippen molar-refractivity contribution in [3.8, 4) is 17.2 Å². The average molecular weight is 269 g/mol. The number of benzene rings is 2. The van der Waals surface area contributed by atoms with Gasteiger partial charge in [0.05, 0.1) is 5.02 Å². The van der Waals surface area contributed by atoms with Gasteiger partial charge in [-0.1, -0.05) is 23.2 Å². The quantitative estimate of drug-likeness (QED) is 0.848. The molecule has 4 heteroatoms. The van der Waals surface area contributed by atoms with Gasteiger partial charge in [-0.15, -0.1) is 0 Å². The van der Waals surface area contributed by atoms with Crippen LogP contribution in [0.3, 0.4) is 0 Å². The molecule has 1 N–H and O–H groups in total. The van der Waals surface area contributed by atoms with E-state index < -0.39 is 0 Å². The smallest absolute Gasteiger partial charge is 0.146 e. The minimum Gasteiger partial charge on any atom is -0.508 e. The lowest BCUT2D eigenvalue weighted by atomic mass is 10.2. The fraction of sp³-hybridized carbons (Fsp3) is 0.0769. The molecule has 0 bridgehead atoms. The molecule has 0 atom stereocenters. The van der Waals surface area contributed by atoms with Crippen molar-refractivity contribution >= 4 is 23.2 Å². The maximum atomic E-state index is 9.40. The zero-order valence-electron chi connectivity index (χ0n) is 9.08. The summed E-state index contributed by atoms with van der Waals surface area (Å²) in [6, 6.07) is 10.0. The molecule has 0 aliphatic rings. The number of phenolic OH excluding ortho intramolecular Hbond substituents is 1. The molecule has 88 valence electrons. The summed E-state index contributed by atoms with van der Waals surface area (Å²) in [5.41, 5.74) is 0.743. The number of halogens is 2. The van der Waals surface area contributed by atoms with Gasteiger partial charge in [0, 0.05) is 5.02 Å². The van der Waals surface area contributed by atoms with Crippen LogP contribution in [0.4, 0.5) is 0 Å². The molecule has 0 unspecified atom stereocenters. The molecule has 0 saturated heterocycles. The molecule has 0 radical (unpaired) electrons. The van der Waals surface area contributed by atoms with Gasteiger partial charge in [0.25, 0.3) is 0 Å². The molecule has 0 aliphatic carbocycles. The van der Waals surface area contributed by atoms with E-state index in [9.17, 15) is 5.11 Å². The highest BCUT2D eigenvalue weighted by molar-refractivity contribution is 6.35. The van der Waals surface area contributed by atoms with Crippen molar-refractivity contribution in [1.82, 2.24) is 0 Å². The molecular formula is C13H10Cl2O2. The first kappa shape index (κ1) is 12.1. The Labute approximate surface area is 109 Å². The SMILES string of the molecule is Cc1cc(Oc2ccc(Cl)cc2Cl)ccc1O. The summed E-state index contributed by atoms with van der Waals surface area (Å²) < 4.78 is 5.60. The van der Waals surface area contributed by atoms with E-state index in [-0.39, 0.29) is 5.75 Å². The number of phenols is 1. The summed E-state index contributed by atoms with van der Waals surface area (Å²) in [7, 11) is 0. The Hall–Kier alpha value is -1.38. The lowest BCUT2D eigenvalue weighted by Crippen LogP contribution is -1.86. The van der Waals surface area contributed by atoms with Gasteiger partial charge in [0.1, 0.15) is 17.2 Å². The highest BCUT2D eigenvalue weighted by Crippen LogP contribution is 2.32.